The molecule has 4 nitrogen and oxygen atoms in total. The summed E-state index contributed by atoms with van der Waals surface area (Å²) in [7, 11) is 0. The highest BCUT2D eigenvalue weighted by atomic mass is 79.9. The van der Waals surface area contributed by atoms with Crippen LogP contribution in [-0.4, -0.2) is 21.4 Å². The van der Waals surface area contributed by atoms with E-state index in [4.69, 9.17) is 16.3 Å². The van der Waals surface area contributed by atoms with E-state index < -0.39 is 11.1 Å². The topological polar surface area (TPSA) is 44.1 Å². The molecule has 0 saturated carbocycles. The van der Waals surface area contributed by atoms with Crippen LogP contribution in [0.4, 0.5) is 0 Å². The van der Waals surface area contributed by atoms with E-state index in [1.54, 1.807) is 30.8 Å². The van der Waals surface area contributed by atoms with Gasteiger partial charge in [0.25, 0.3) is 0 Å². The summed E-state index contributed by atoms with van der Waals surface area (Å²) in [5.41, 5.74) is -0.654. The van der Waals surface area contributed by atoms with Crippen LogP contribution in [0.2, 0.25) is 5.02 Å². The molecule has 0 saturated heterocycles. The standard InChI is InChI=1S/C15H18BrClN2O2/c1-14(2,3)21-13(20)15(4,5)19-12-9(8-18-19)6-10(17)7-11(12)16/h6-8H,1-5H3. The molecule has 1 aromatic carbocycles. The van der Waals surface area contributed by atoms with E-state index in [1.807, 2.05) is 26.8 Å². The van der Waals surface area contributed by atoms with Crippen LogP contribution >= 0.6 is 27.5 Å². The van der Waals surface area contributed by atoms with Gasteiger partial charge in [0, 0.05) is 14.9 Å². The number of aromatic nitrogens is 2. The maximum atomic E-state index is 12.5. The fourth-order valence-electron chi connectivity index (χ4n) is 2.00. The van der Waals surface area contributed by atoms with Gasteiger partial charge in [-0.05, 0) is 62.7 Å². The lowest BCUT2D eigenvalue weighted by Crippen LogP contribution is -2.41. The van der Waals surface area contributed by atoms with Crippen molar-refractivity contribution in [3.05, 3.63) is 27.8 Å². The smallest absolute Gasteiger partial charge is 0.334 e. The molecule has 0 N–H and O–H groups in total. The van der Waals surface area contributed by atoms with Crippen molar-refractivity contribution in [2.45, 2.75) is 45.8 Å². The molecule has 0 fully saturated rings. The van der Waals surface area contributed by atoms with Crippen LogP contribution in [-0.2, 0) is 15.1 Å². The summed E-state index contributed by atoms with van der Waals surface area (Å²) < 4.78 is 7.95. The average Bonchev–Trinajstić information content (AvgIpc) is 2.70. The Labute approximate surface area is 137 Å². The summed E-state index contributed by atoms with van der Waals surface area (Å²) >= 11 is 9.52. The Hall–Kier alpha value is -1.07. The molecule has 21 heavy (non-hydrogen) atoms. The molecule has 6 heteroatoms. The van der Waals surface area contributed by atoms with Gasteiger partial charge in [0.2, 0.25) is 0 Å². The van der Waals surface area contributed by atoms with Crippen LogP contribution in [0.1, 0.15) is 34.6 Å². The van der Waals surface area contributed by atoms with Gasteiger partial charge < -0.3 is 4.74 Å². The molecule has 0 bridgehead atoms. The highest BCUT2D eigenvalue weighted by Crippen LogP contribution is 2.32. The predicted molar refractivity (Wildman–Crippen MR) is 87.6 cm³/mol. The minimum absolute atomic E-state index is 0.332. The fraction of sp³-hybridized carbons (Fsp3) is 0.467. The van der Waals surface area contributed by atoms with Crippen molar-refractivity contribution in [3.8, 4) is 0 Å². The Morgan fingerprint density at radius 3 is 2.48 bits per heavy atom. The van der Waals surface area contributed by atoms with Crippen LogP contribution in [0, 0.1) is 0 Å². The van der Waals surface area contributed by atoms with Crippen molar-refractivity contribution < 1.29 is 9.53 Å². The second kappa shape index (κ2) is 5.29. The number of benzene rings is 1. The van der Waals surface area contributed by atoms with Crippen LogP contribution < -0.4 is 0 Å². The third-order valence-electron chi connectivity index (χ3n) is 3.01. The van der Waals surface area contributed by atoms with E-state index in [1.165, 1.54) is 0 Å². The zero-order valence-corrected chi connectivity index (χ0v) is 15.0. The molecular weight excluding hydrogens is 356 g/mol. The van der Waals surface area contributed by atoms with Crippen molar-refractivity contribution in [1.29, 1.82) is 0 Å². The molecule has 0 aliphatic heterocycles. The van der Waals surface area contributed by atoms with Crippen molar-refractivity contribution in [2.75, 3.05) is 0 Å². The van der Waals surface area contributed by atoms with Crippen LogP contribution in [0.15, 0.2) is 22.8 Å². The van der Waals surface area contributed by atoms with Gasteiger partial charge in [-0.2, -0.15) is 5.10 Å². The van der Waals surface area contributed by atoms with E-state index in [0.717, 1.165) is 15.4 Å². The van der Waals surface area contributed by atoms with E-state index >= 15 is 0 Å². The second-order valence-corrected chi connectivity index (χ2v) is 7.73. The average molecular weight is 374 g/mol. The molecule has 0 spiro atoms. The van der Waals surface area contributed by atoms with Gasteiger partial charge in [-0.25, -0.2) is 9.48 Å². The number of carbonyl (C=O) groups excluding carboxylic acids is 1. The van der Waals surface area contributed by atoms with Crippen molar-refractivity contribution >= 4 is 44.4 Å². The minimum Gasteiger partial charge on any atom is -0.458 e. The van der Waals surface area contributed by atoms with E-state index in [2.05, 4.69) is 21.0 Å². The molecule has 0 radical (unpaired) electrons. The molecule has 0 unspecified atom stereocenters. The Balaban J connectivity index is 2.53. The van der Waals surface area contributed by atoms with Crippen molar-refractivity contribution in [3.63, 3.8) is 0 Å². The molecule has 2 rings (SSSR count). The molecule has 0 atom stereocenters. The van der Waals surface area contributed by atoms with Crippen LogP contribution in [0.25, 0.3) is 10.9 Å². The molecule has 0 aliphatic carbocycles. The van der Waals surface area contributed by atoms with Crippen molar-refractivity contribution in [2.24, 2.45) is 0 Å². The van der Waals surface area contributed by atoms with Crippen LogP contribution in [0.5, 0.6) is 0 Å². The first-order chi connectivity index (χ1) is 9.52. The normalized spacial score (nSPS) is 12.7. The SMILES string of the molecule is CC(C)(C)OC(=O)C(C)(C)n1ncc2cc(Cl)cc(Br)c21. The van der Waals surface area contributed by atoms with Gasteiger partial charge >= 0.3 is 5.97 Å². The molecule has 1 heterocycles. The highest BCUT2D eigenvalue weighted by molar-refractivity contribution is 9.10. The fourth-order valence-corrected chi connectivity index (χ4v) is 3.00. The number of carbonyl (C=O) groups is 1. The quantitative estimate of drug-likeness (QED) is 0.726. The lowest BCUT2D eigenvalue weighted by Gasteiger charge is -2.29. The summed E-state index contributed by atoms with van der Waals surface area (Å²) in [6.07, 6.45) is 1.69. The van der Waals surface area contributed by atoms with Gasteiger partial charge in [-0.15, -0.1) is 0 Å². The van der Waals surface area contributed by atoms with Gasteiger partial charge in [-0.3, -0.25) is 0 Å². The third kappa shape index (κ3) is 3.24. The highest BCUT2D eigenvalue weighted by Gasteiger charge is 2.36. The second-order valence-electron chi connectivity index (χ2n) is 6.44. The summed E-state index contributed by atoms with van der Waals surface area (Å²) in [6, 6.07) is 3.60. The number of ether oxygens (including phenoxy) is 1. The summed E-state index contributed by atoms with van der Waals surface area (Å²) in [6.45, 7) is 9.11. The monoisotopic (exact) mass is 372 g/mol. The molecule has 1 aromatic heterocycles. The predicted octanol–water partition coefficient (Wildman–Crippen LogP) is 4.53. The first kappa shape index (κ1) is 16.3. The maximum Gasteiger partial charge on any atom is 0.334 e. The Bertz CT molecular complexity index is 701. The first-order valence-corrected chi connectivity index (χ1v) is 7.76. The number of rotatable bonds is 2. The van der Waals surface area contributed by atoms with E-state index in [0.29, 0.717) is 5.02 Å². The summed E-state index contributed by atoms with van der Waals surface area (Å²) in [4.78, 5) is 12.5. The Kier molecular flexibility index (Phi) is 4.10. The first-order valence-electron chi connectivity index (χ1n) is 6.59. The van der Waals surface area contributed by atoms with Gasteiger partial charge in [0.15, 0.2) is 5.54 Å². The van der Waals surface area contributed by atoms with Gasteiger partial charge in [-0.1, -0.05) is 11.6 Å². The molecular formula is C15H18BrClN2O2. The molecule has 0 amide bonds. The molecule has 2 aromatic rings. The summed E-state index contributed by atoms with van der Waals surface area (Å²) in [5.74, 6) is -0.332. The zero-order valence-electron chi connectivity index (χ0n) is 12.7. The summed E-state index contributed by atoms with van der Waals surface area (Å²) in [5, 5.41) is 5.83. The number of hydrogen-bond donors (Lipinski definition) is 0. The van der Waals surface area contributed by atoms with Gasteiger partial charge in [0.1, 0.15) is 5.60 Å². The molecule has 114 valence electrons. The zero-order chi connectivity index (χ0) is 16.0. The number of halogens is 2. The third-order valence-corrected chi connectivity index (χ3v) is 3.83. The largest absolute Gasteiger partial charge is 0.458 e. The Morgan fingerprint density at radius 2 is 1.90 bits per heavy atom. The maximum absolute atomic E-state index is 12.5. The number of nitrogens with zero attached hydrogens (tertiary/aromatic N) is 2. The number of hydrogen-bond acceptors (Lipinski definition) is 3. The molecule has 0 aliphatic rings. The van der Waals surface area contributed by atoms with Crippen molar-refractivity contribution in [1.82, 2.24) is 9.78 Å². The minimum atomic E-state index is -0.925. The lowest BCUT2D eigenvalue weighted by atomic mass is 10.0. The number of fused-ring (bicyclic) bond motifs is 1. The van der Waals surface area contributed by atoms with E-state index in [9.17, 15) is 4.79 Å². The van der Waals surface area contributed by atoms with E-state index in [-0.39, 0.29) is 5.97 Å². The van der Waals surface area contributed by atoms with Crippen LogP contribution in [0.3, 0.4) is 0 Å². The van der Waals surface area contributed by atoms with Gasteiger partial charge in [0.05, 0.1) is 11.7 Å². The Morgan fingerprint density at radius 1 is 1.29 bits per heavy atom. The number of esters is 1. The lowest BCUT2D eigenvalue weighted by molar-refractivity contribution is -0.164.